The van der Waals surface area contributed by atoms with E-state index in [9.17, 15) is 14.4 Å². The van der Waals surface area contributed by atoms with Crippen molar-refractivity contribution in [3.8, 4) is 0 Å². The van der Waals surface area contributed by atoms with E-state index in [0.29, 0.717) is 16.5 Å². The lowest BCUT2D eigenvalue weighted by molar-refractivity contribution is -0.136. The molecule has 1 heterocycles. The van der Waals surface area contributed by atoms with Gasteiger partial charge in [-0.3, -0.25) is 9.59 Å². The zero-order valence-corrected chi connectivity index (χ0v) is 16.3. The summed E-state index contributed by atoms with van der Waals surface area (Å²) in [4.78, 5) is 37.5. The van der Waals surface area contributed by atoms with Crippen molar-refractivity contribution in [3.05, 3.63) is 16.0 Å². The van der Waals surface area contributed by atoms with Crippen molar-refractivity contribution in [2.45, 2.75) is 57.8 Å². The third kappa shape index (κ3) is 4.74. The van der Waals surface area contributed by atoms with Crippen molar-refractivity contribution < 1.29 is 19.1 Å². The zero-order valence-electron chi connectivity index (χ0n) is 15.5. The van der Waals surface area contributed by atoms with Gasteiger partial charge in [-0.1, -0.05) is 19.3 Å². The van der Waals surface area contributed by atoms with Crippen molar-refractivity contribution in [2.24, 2.45) is 11.0 Å². The summed E-state index contributed by atoms with van der Waals surface area (Å²) in [6.07, 6.45) is 11.1. The molecule has 2 aliphatic carbocycles. The fourth-order valence-electron chi connectivity index (χ4n) is 3.67. The molecule has 0 saturated heterocycles. The topological polar surface area (TPSA) is 96.9 Å². The average Bonchev–Trinajstić information content (AvgIpc) is 3.05. The van der Waals surface area contributed by atoms with Gasteiger partial charge < -0.3 is 10.1 Å². The van der Waals surface area contributed by atoms with E-state index in [1.54, 1.807) is 6.21 Å². The molecule has 0 bridgehead atoms. The molecule has 7 nitrogen and oxygen atoms in total. The number of anilines is 1. The van der Waals surface area contributed by atoms with Crippen LogP contribution in [0, 0.1) is 5.92 Å². The van der Waals surface area contributed by atoms with Crippen molar-refractivity contribution in [2.75, 3.05) is 12.4 Å². The van der Waals surface area contributed by atoms with E-state index in [1.807, 2.05) is 0 Å². The van der Waals surface area contributed by atoms with Crippen LogP contribution < -0.4 is 10.7 Å². The van der Waals surface area contributed by atoms with E-state index >= 15 is 0 Å². The van der Waals surface area contributed by atoms with E-state index in [0.717, 1.165) is 49.0 Å². The summed E-state index contributed by atoms with van der Waals surface area (Å²) in [5.74, 6) is -1.80. The molecule has 0 aliphatic heterocycles. The van der Waals surface area contributed by atoms with Crippen LogP contribution in [-0.2, 0) is 27.2 Å². The number of hydrazone groups is 1. The molecule has 2 amide bonds. The zero-order chi connectivity index (χ0) is 19.2. The van der Waals surface area contributed by atoms with E-state index < -0.39 is 17.8 Å². The lowest BCUT2D eigenvalue weighted by Crippen LogP contribution is -2.32. The van der Waals surface area contributed by atoms with Crippen molar-refractivity contribution >= 4 is 40.3 Å². The Morgan fingerprint density at radius 3 is 2.56 bits per heavy atom. The van der Waals surface area contributed by atoms with Crippen LogP contribution in [0.2, 0.25) is 0 Å². The van der Waals surface area contributed by atoms with Crippen molar-refractivity contribution in [3.63, 3.8) is 0 Å². The number of carbonyl (C=O) groups is 3. The van der Waals surface area contributed by atoms with Gasteiger partial charge in [0.05, 0.1) is 12.7 Å². The molecule has 2 aliphatic rings. The van der Waals surface area contributed by atoms with Crippen LogP contribution in [0.25, 0.3) is 0 Å². The molecule has 146 valence electrons. The minimum Gasteiger partial charge on any atom is -0.465 e. The Morgan fingerprint density at radius 2 is 1.81 bits per heavy atom. The van der Waals surface area contributed by atoms with Crippen LogP contribution in [0.15, 0.2) is 5.10 Å². The van der Waals surface area contributed by atoms with E-state index in [2.05, 4.69) is 15.8 Å². The molecule has 8 heteroatoms. The number of carbonyl (C=O) groups excluding carboxylic acids is 3. The summed E-state index contributed by atoms with van der Waals surface area (Å²) in [6, 6.07) is 0. The molecule has 2 N–H and O–H groups in total. The smallest absolute Gasteiger partial charge is 0.341 e. The molecule has 27 heavy (non-hydrogen) atoms. The second-order valence-corrected chi connectivity index (χ2v) is 8.08. The normalized spacial score (nSPS) is 17.4. The minimum absolute atomic E-state index is 0.358. The number of rotatable bonds is 4. The molecule has 0 atom stereocenters. The number of nitrogens with zero attached hydrogens (tertiary/aromatic N) is 1. The molecule has 3 rings (SSSR count). The summed E-state index contributed by atoms with van der Waals surface area (Å²) in [5.41, 5.74) is 3.59. The van der Waals surface area contributed by atoms with Gasteiger partial charge in [0.1, 0.15) is 5.00 Å². The molecular formula is C19H25N3O4S. The third-order valence-electron chi connectivity index (χ3n) is 5.10. The first kappa shape index (κ1) is 19.5. The van der Waals surface area contributed by atoms with Gasteiger partial charge in [-0.25, -0.2) is 10.2 Å². The van der Waals surface area contributed by atoms with Gasteiger partial charge in [0, 0.05) is 11.1 Å². The first-order chi connectivity index (χ1) is 13.1. The Kier molecular flexibility index (Phi) is 6.60. The Labute approximate surface area is 162 Å². The maximum absolute atomic E-state index is 12.2. The van der Waals surface area contributed by atoms with Crippen LogP contribution in [0.1, 0.15) is 65.7 Å². The van der Waals surface area contributed by atoms with E-state index in [-0.39, 0.29) is 0 Å². The Bertz CT molecular complexity index is 750. The van der Waals surface area contributed by atoms with Gasteiger partial charge in [0.15, 0.2) is 0 Å². The molecular weight excluding hydrogens is 366 g/mol. The summed E-state index contributed by atoms with van der Waals surface area (Å²) in [7, 11) is 1.31. The molecule has 1 aromatic rings. The van der Waals surface area contributed by atoms with E-state index in [4.69, 9.17) is 4.74 Å². The number of esters is 1. The number of aryl methyl sites for hydroxylation is 1. The number of ether oxygens (including phenoxy) is 1. The molecule has 1 fully saturated rings. The summed E-state index contributed by atoms with van der Waals surface area (Å²) in [5, 5.41) is 6.87. The maximum atomic E-state index is 12.2. The second-order valence-electron chi connectivity index (χ2n) is 6.98. The first-order valence-corrected chi connectivity index (χ1v) is 10.3. The Morgan fingerprint density at radius 1 is 1.07 bits per heavy atom. The number of amides is 2. The first-order valence-electron chi connectivity index (χ1n) is 9.47. The fraction of sp³-hybridized carbons (Fsp3) is 0.579. The SMILES string of the molecule is COC(=O)c1c(NC(=O)C(=O)NN=CC2CCCCC2)sc2c1CCCC2. The molecule has 0 unspecified atom stereocenters. The van der Waals surface area contributed by atoms with Gasteiger partial charge in [-0.05, 0) is 50.0 Å². The van der Waals surface area contributed by atoms with Crippen LogP contribution >= 0.6 is 11.3 Å². The number of nitrogens with one attached hydrogen (secondary N) is 2. The van der Waals surface area contributed by atoms with Gasteiger partial charge >= 0.3 is 17.8 Å². The summed E-state index contributed by atoms with van der Waals surface area (Å²) >= 11 is 1.35. The number of fused-ring (bicyclic) bond motifs is 1. The highest BCUT2D eigenvalue weighted by atomic mass is 32.1. The Hall–Kier alpha value is -2.22. The van der Waals surface area contributed by atoms with Crippen molar-refractivity contribution in [1.82, 2.24) is 5.43 Å². The highest BCUT2D eigenvalue weighted by molar-refractivity contribution is 7.17. The quantitative estimate of drug-likeness (QED) is 0.357. The number of hydrogen-bond donors (Lipinski definition) is 2. The molecule has 0 radical (unpaired) electrons. The van der Waals surface area contributed by atoms with Crippen LogP contribution in [0.5, 0.6) is 0 Å². The lowest BCUT2D eigenvalue weighted by Gasteiger charge is -2.16. The summed E-state index contributed by atoms with van der Waals surface area (Å²) in [6.45, 7) is 0. The molecule has 1 saturated carbocycles. The molecule has 0 spiro atoms. The minimum atomic E-state index is -0.843. The van der Waals surface area contributed by atoms with Crippen LogP contribution in [-0.4, -0.2) is 31.1 Å². The maximum Gasteiger partial charge on any atom is 0.341 e. The van der Waals surface area contributed by atoms with Gasteiger partial charge in [0.25, 0.3) is 0 Å². The largest absolute Gasteiger partial charge is 0.465 e. The lowest BCUT2D eigenvalue weighted by atomic mass is 9.90. The molecule has 1 aromatic heterocycles. The second kappa shape index (κ2) is 9.12. The van der Waals surface area contributed by atoms with Crippen LogP contribution in [0.3, 0.4) is 0 Å². The third-order valence-corrected chi connectivity index (χ3v) is 6.30. The average molecular weight is 391 g/mol. The number of thiophene rings is 1. The van der Waals surface area contributed by atoms with E-state index in [1.165, 1.54) is 37.7 Å². The monoisotopic (exact) mass is 391 g/mol. The standard InChI is InChI=1S/C19H25N3O4S/c1-26-19(25)15-13-9-5-6-10-14(13)27-18(15)21-16(23)17(24)22-20-11-12-7-3-2-4-8-12/h11-12H,2-10H2,1H3,(H,21,23)(H,22,24). The fourth-order valence-corrected chi connectivity index (χ4v) is 4.94. The highest BCUT2D eigenvalue weighted by Crippen LogP contribution is 2.38. The predicted octanol–water partition coefficient (Wildman–Crippen LogP) is 3.03. The number of methoxy groups -OCH3 is 1. The Balaban J connectivity index is 1.64. The van der Waals surface area contributed by atoms with Gasteiger partial charge in [-0.2, -0.15) is 5.10 Å². The van der Waals surface area contributed by atoms with Crippen LogP contribution in [0.4, 0.5) is 5.00 Å². The van der Waals surface area contributed by atoms with Gasteiger partial charge in [-0.15, -0.1) is 11.3 Å². The van der Waals surface area contributed by atoms with Gasteiger partial charge in [0.2, 0.25) is 0 Å². The molecule has 0 aromatic carbocycles. The highest BCUT2D eigenvalue weighted by Gasteiger charge is 2.28. The summed E-state index contributed by atoms with van der Waals surface area (Å²) < 4.78 is 4.87. The van der Waals surface area contributed by atoms with Crippen molar-refractivity contribution in [1.29, 1.82) is 0 Å². The predicted molar refractivity (Wildman–Crippen MR) is 104 cm³/mol. The number of hydrogen-bond acceptors (Lipinski definition) is 6.